The van der Waals surface area contributed by atoms with Gasteiger partial charge in [0.1, 0.15) is 0 Å². The van der Waals surface area contributed by atoms with E-state index in [0.29, 0.717) is 22.4 Å². The first-order valence-electron chi connectivity index (χ1n) is 5.83. The molecule has 0 amide bonds. The molecule has 1 N–H and O–H groups in total. The number of halogens is 1. The maximum atomic E-state index is 6.00. The van der Waals surface area contributed by atoms with Crippen LogP contribution in [0.4, 0.5) is 5.82 Å². The minimum absolute atomic E-state index is 0.305. The number of hydrogen-bond acceptors (Lipinski definition) is 3. The van der Waals surface area contributed by atoms with Gasteiger partial charge in [-0.1, -0.05) is 38.3 Å². The third kappa shape index (κ3) is 2.46. The molecule has 0 saturated heterocycles. The Kier molecular flexibility index (Phi) is 3.33. The summed E-state index contributed by atoms with van der Waals surface area (Å²) in [5.41, 5.74) is 0.305. The lowest BCUT2D eigenvalue weighted by Gasteiger charge is -2.39. The molecule has 1 fully saturated rings. The van der Waals surface area contributed by atoms with Crippen LogP contribution in [0, 0.1) is 5.41 Å². The highest BCUT2D eigenvalue weighted by atomic mass is 35.5. The van der Waals surface area contributed by atoms with E-state index < -0.39 is 0 Å². The quantitative estimate of drug-likeness (QED) is 0.858. The summed E-state index contributed by atoms with van der Waals surface area (Å²) < 4.78 is 0. The lowest BCUT2D eigenvalue weighted by atomic mass is 9.73. The van der Waals surface area contributed by atoms with E-state index in [1.807, 2.05) is 0 Å². The molecule has 16 heavy (non-hydrogen) atoms. The molecule has 1 atom stereocenters. The second kappa shape index (κ2) is 4.58. The normalized spacial score (nSPS) is 24.1. The molecule has 0 bridgehead atoms. The van der Waals surface area contributed by atoms with Crippen molar-refractivity contribution in [2.75, 3.05) is 5.32 Å². The number of nitrogens with one attached hydrogen (secondary N) is 1. The van der Waals surface area contributed by atoms with Crippen LogP contribution in [0.3, 0.4) is 0 Å². The Hall–Kier alpha value is -0.830. The average molecular weight is 240 g/mol. The second-order valence-electron chi connectivity index (χ2n) is 5.13. The monoisotopic (exact) mass is 239 g/mol. The first-order chi connectivity index (χ1) is 7.59. The van der Waals surface area contributed by atoms with Gasteiger partial charge in [0, 0.05) is 18.4 Å². The van der Waals surface area contributed by atoms with Gasteiger partial charge in [-0.2, -0.15) is 0 Å². The molecule has 1 aliphatic rings. The number of rotatable bonds is 2. The standard InChI is InChI=1S/C12H18ClN3/c1-12(2)6-4-3-5-9(12)16-11-10(13)14-7-8-15-11/h7-9H,3-6H2,1-2H3,(H,15,16). The Morgan fingerprint density at radius 3 is 2.75 bits per heavy atom. The SMILES string of the molecule is CC1(C)CCCCC1Nc1nccnc1Cl. The molecule has 1 aromatic heterocycles. The number of nitrogens with zero attached hydrogens (tertiary/aromatic N) is 2. The fourth-order valence-electron chi connectivity index (χ4n) is 2.34. The Balaban J connectivity index is 2.12. The molecule has 2 rings (SSSR count). The van der Waals surface area contributed by atoms with Crippen molar-refractivity contribution in [3.63, 3.8) is 0 Å². The Morgan fingerprint density at radius 1 is 1.31 bits per heavy atom. The first kappa shape index (κ1) is 11.6. The van der Waals surface area contributed by atoms with E-state index in [1.165, 1.54) is 25.7 Å². The topological polar surface area (TPSA) is 37.8 Å². The lowest BCUT2D eigenvalue weighted by Crippen LogP contribution is -2.39. The van der Waals surface area contributed by atoms with Crippen molar-refractivity contribution < 1.29 is 0 Å². The predicted molar refractivity (Wildman–Crippen MR) is 66.7 cm³/mol. The van der Waals surface area contributed by atoms with Crippen molar-refractivity contribution >= 4 is 17.4 Å². The minimum Gasteiger partial charge on any atom is -0.364 e. The van der Waals surface area contributed by atoms with E-state index in [9.17, 15) is 0 Å². The Morgan fingerprint density at radius 2 is 2.06 bits per heavy atom. The van der Waals surface area contributed by atoms with Crippen LogP contribution in [-0.4, -0.2) is 16.0 Å². The van der Waals surface area contributed by atoms with Crippen LogP contribution in [0.1, 0.15) is 39.5 Å². The maximum Gasteiger partial charge on any atom is 0.171 e. The molecule has 4 heteroatoms. The average Bonchev–Trinajstić information content (AvgIpc) is 2.24. The van der Waals surface area contributed by atoms with E-state index >= 15 is 0 Å². The highest BCUT2D eigenvalue weighted by molar-refractivity contribution is 6.31. The van der Waals surface area contributed by atoms with Crippen molar-refractivity contribution in [2.45, 2.75) is 45.6 Å². The summed E-state index contributed by atoms with van der Waals surface area (Å²) in [6.07, 6.45) is 8.31. The van der Waals surface area contributed by atoms with Gasteiger partial charge in [0.15, 0.2) is 11.0 Å². The lowest BCUT2D eigenvalue weighted by molar-refractivity contribution is 0.216. The van der Waals surface area contributed by atoms with E-state index in [2.05, 4.69) is 29.1 Å². The Labute approximate surface area is 102 Å². The van der Waals surface area contributed by atoms with E-state index in [0.717, 1.165) is 0 Å². The van der Waals surface area contributed by atoms with Crippen LogP contribution >= 0.6 is 11.6 Å². The third-order valence-electron chi connectivity index (χ3n) is 3.47. The molecule has 0 spiro atoms. The minimum atomic E-state index is 0.305. The zero-order valence-corrected chi connectivity index (χ0v) is 10.6. The number of hydrogen-bond donors (Lipinski definition) is 1. The highest BCUT2D eigenvalue weighted by Crippen LogP contribution is 2.37. The fraction of sp³-hybridized carbons (Fsp3) is 0.667. The second-order valence-corrected chi connectivity index (χ2v) is 5.49. The largest absolute Gasteiger partial charge is 0.364 e. The van der Waals surface area contributed by atoms with Gasteiger partial charge in [-0.05, 0) is 18.3 Å². The van der Waals surface area contributed by atoms with Crippen LogP contribution < -0.4 is 5.32 Å². The van der Waals surface area contributed by atoms with Gasteiger partial charge in [-0.3, -0.25) is 0 Å². The van der Waals surface area contributed by atoms with Gasteiger partial charge in [-0.25, -0.2) is 9.97 Å². The summed E-state index contributed by atoms with van der Waals surface area (Å²) in [6.45, 7) is 4.60. The molecular weight excluding hydrogens is 222 g/mol. The predicted octanol–water partition coefficient (Wildman–Crippen LogP) is 3.51. The summed E-state index contributed by atoms with van der Waals surface area (Å²) in [5.74, 6) is 0.712. The van der Waals surface area contributed by atoms with Crippen LogP contribution in [0.15, 0.2) is 12.4 Å². The summed E-state index contributed by atoms with van der Waals surface area (Å²) >= 11 is 6.00. The molecular formula is C12H18ClN3. The van der Waals surface area contributed by atoms with Crippen molar-refractivity contribution in [3.8, 4) is 0 Å². The van der Waals surface area contributed by atoms with Gasteiger partial charge in [0.05, 0.1) is 0 Å². The van der Waals surface area contributed by atoms with Crippen LogP contribution in [0.2, 0.25) is 5.15 Å². The molecule has 0 radical (unpaired) electrons. The highest BCUT2D eigenvalue weighted by Gasteiger charge is 2.32. The van der Waals surface area contributed by atoms with E-state index in [4.69, 9.17) is 11.6 Å². The fourth-order valence-corrected chi connectivity index (χ4v) is 2.50. The molecule has 0 aliphatic heterocycles. The zero-order chi connectivity index (χ0) is 11.6. The van der Waals surface area contributed by atoms with Crippen LogP contribution in [0.25, 0.3) is 0 Å². The van der Waals surface area contributed by atoms with Crippen molar-refractivity contribution in [3.05, 3.63) is 17.5 Å². The van der Waals surface area contributed by atoms with Crippen molar-refractivity contribution in [1.29, 1.82) is 0 Å². The van der Waals surface area contributed by atoms with E-state index in [1.54, 1.807) is 12.4 Å². The zero-order valence-electron chi connectivity index (χ0n) is 9.83. The summed E-state index contributed by atoms with van der Waals surface area (Å²) in [7, 11) is 0. The van der Waals surface area contributed by atoms with Gasteiger partial charge in [-0.15, -0.1) is 0 Å². The van der Waals surface area contributed by atoms with E-state index in [-0.39, 0.29) is 0 Å². The van der Waals surface area contributed by atoms with Crippen molar-refractivity contribution in [1.82, 2.24) is 9.97 Å². The third-order valence-corrected chi connectivity index (χ3v) is 3.75. The van der Waals surface area contributed by atoms with Crippen molar-refractivity contribution in [2.24, 2.45) is 5.41 Å². The van der Waals surface area contributed by atoms with Crippen LogP contribution in [-0.2, 0) is 0 Å². The van der Waals surface area contributed by atoms with Gasteiger partial charge in [0.2, 0.25) is 0 Å². The smallest absolute Gasteiger partial charge is 0.171 e. The molecule has 0 aromatic carbocycles. The number of aromatic nitrogens is 2. The molecule has 1 heterocycles. The summed E-state index contributed by atoms with van der Waals surface area (Å²) in [5, 5.41) is 3.90. The van der Waals surface area contributed by atoms with Crippen LogP contribution in [0.5, 0.6) is 0 Å². The summed E-state index contributed by atoms with van der Waals surface area (Å²) in [6, 6.07) is 0.440. The molecule has 88 valence electrons. The Bertz CT molecular complexity index is 365. The summed E-state index contributed by atoms with van der Waals surface area (Å²) in [4.78, 5) is 8.27. The molecule has 1 aromatic rings. The van der Waals surface area contributed by atoms with Gasteiger partial charge < -0.3 is 5.32 Å². The molecule has 1 saturated carbocycles. The molecule has 1 unspecified atom stereocenters. The number of anilines is 1. The molecule has 1 aliphatic carbocycles. The van der Waals surface area contributed by atoms with Gasteiger partial charge >= 0.3 is 0 Å². The maximum absolute atomic E-state index is 6.00. The first-order valence-corrected chi connectivity index (χ1v) is 6.20. The van der Waals surface area contributed by atoms with Gasteiger partial charge in [0.25, 0.3) is 0 Å². The molecule has 3 nitrogen and oxygen atoms in total.